The molecule has 0 amide bonds. The van der Waals surface area contributed by atoms with Gasteiger partial charge < -0.3 is 15.3 Å². The van der Waals surface area contributed by atoms with E-state index in [1.165, 1.54) is 6.07 Å². The van der Waals surface area contributed by atoms with E-state index in [-0.39, 0.29) is 5.69 Å². The van der Waals surface area contributed by atoms with Crippen LogP contribution in [0.3, 0.4) is 0 Å². The quantitative estimate of drug-likeness (QED) is 0.747. The maximum Gasteiger partial charge on any atom is 0.354 e. The van der Waals surface area contributed by atoms with Gasteiger partial charge in [-0.15, -0.1) is 0 Å². The highest BCUT2D eigenvalue weighted by atomic mass is 16.4. The number of carboxylic acid groups (broad SMARTS) is 1. The second-order valence-electron chi connectivity index (χ2n) is 4.59. The van der Waals surface area contributed by atoms with Crippen LogP contribution in [0.25, 0.3) is 0 Å². The van der Waals surface area contributed by atoms with Gasteiger partial charge in [0.05, 0.1) is 5.69 Å². The van der Waals surface area contributed by atoms with Crippen molar-refractivity contribution in [3.8, 4) is 0 Å². The Morgan fingerprint density at radius 2 is 2.11 bits per heavy atom. The summed E-state index contributed by atoms with van der Waals surface area (Å²) in [7, 11) is 0. The smallest absolute Gasteiger partial charge is 0.354 e. The zero-order valence-corrected chi connectivity index (χ0v) is 11.9. The Bertz CT molecular complexity index is 405. The molecule has 0 spiro atoms. The zero-order chi connectivity index (χ0) is 14.3. The molecule has 0 aliphatic rings. The lowest BCUT2D eigenvalue weighted by Crippen LogP contribution is -2.38. The first-order valence-corrected chi connectivity index (χ1v) is 6.71. The van der Waals surface area contributed by atoms with Gasteiger partial charge in [-0.05, 0) is 32.1 Å². The molecule has 0 aliphatic heterocycles. The number of hydrogen-bond donors (Lipinski definition) is 2. The minimum atomic E-state index is -0.988. The zero-order valence-electron chi connectivity index (χ0n) is 11.9. The van der Waals surface area contributed by atoms with Gasteiger partial charge in [0.15, 0.2) is 0 Å². The Hall–Kier alpha value is -1.46. The summed E-state index contributed by atoms with van der Waals surface area (Å²) in [4.78, 5) is 17.3. The van der Waals surface area contributed by atoms with E-state index in [0.29, 0.717) is 12.6 Å². The van der Waals surface area contributed by atoms with Crippen LogP contribution in [0.4, 0.5) is 0 Å². The molecule has 1 unspecified atom stereocenters. The molecule has 106 valence electrons. The number of aromatic nitrogens is 1. The molecule has 0 radical (unpaired) electrons. The van der Waals surface area contributed by atoms with Gasteiger partial charge >= 0.3 is 5.97 Å². The van der Waals surface area contributed by atoms with Crippen molar-refractivity contribution in [3.05, 3.63) is 29.6 Å². The molecule has 2 N–H and O–H groups in total. The fraction of sp³-hybridized carbons (Fsp3) is 0.571. The number of rotatable bonds is 8. The topological polar surface area (TPSA) is 65.5 Å². The van der Waals surface area contributed by atoms with Crippen molar-refractivity contribution in [2.45, 2.75) is 33.4 Å². The number of carboxylic acids is 1. The van der Waals surface area contributed by atoms with E-state index in [1.54, 1.807) is 6.07 Å². The predicted octanol–water partition coefficient (Wildman–Crippen LogP) is 1.60. The van der Waals surface area contributed by atoms with Crippen LogP contribution in [-0.4, -0.2) is 46.6 Å². The molecular weight excluding hydrogens is 242 g/mol. The van der Waals surface area contributed by atoms with E-state index < -0.39 is 5.97 Å². The first kappa shape index (κ1) is 15.6. The van der Waals surface area contributed by atoms with Crippen molar-refractivity contribution in [1.29, 1.82) is 0 Å². The van der Waals surface area contributed by atoms with E-state index in [4.69, 9.17) is 5.11 Å². The minimum absolute atomic E-state index is 0.0932. The van der Waals surface area contributed by atoms with Gasteiger partial charge in [0, 0.05) is 19.1 Å². The lowest BCUT2D eigenvalue weighted by atomic mass is 10.2. The largest absolute Gasteiger partial charge is 0.477 e. The summed E-state index contributed by atoms with van der Waals surface area (Å²) < 4.78 is 0. The number of nitrogens with zero attached hydrogens (tertiary/aromatic N) is 2. The van der Waals surface area contributed by atoms with Gasteiger partial charge in [0.1, 0.15) is 5.69 Å². The monoisotopic (exact) mass is 265 g/mol. The van der Waals surface area contributed by atoms with Crippen molar-refractivity contribution in [3.63, 3.8) is 0 Å². The number of carbonyl (C=O) groups is 1. The van der Waals surface area contributed by atoms with Crippen LogP contribution >= 0.6 is 0 Å². The van der Waals surface area contributed by atoms with Crippen molar-refractivity contribution in [2.24, 2.45) is 0 Å². The van der Waals surface area contributed by atoms with Crippen molar-refractivity contribution >= 4 is 5.97 Å². The highest BCUT2D eigenvalue weighted by Crippen LogP contribution is 2.00. The summed E-state index contributed by atoms with van der Waals surface area (Å²) in [6.45, 7) is 10.1. The number of hydrogen-bond acceptors (Lipinski definition) is 4. The van der Waals surface area contributed by atoms with Crippen LogP contribution in [0.1, 0.15) is 37.0 Å². The molecule has 0 saturated heterocycles. The molecule has 5 nitrogen and oxygen atoms in total. The summed E-state index contributed by atoms with van der Waals surface area (Å²) >= 11 is 0. The average molecular weight is 265 g/mol. The fourth-order valence-corrected chi connectivity index (χ4v) is 1.91. The molecule has 0 fully saturated rings. The van der Waals surface area contributed by atoms with Gasteiger partial charge in [-0.1, -0.05) is 19.9 Å². The lowest BCUT2D eigenvalue weighted by Gasteiger charge is -2.23. The van der Waals surface area contributed by atoms with Crippen molar-refractivity contribution in [1.82, 2.24) is 15.2 Å². The van der Waals surface area contributed by atoms with Crippen LogP contribution in [-0.2, 0) is 6.54 Å². The predicted molar refractivity (Wildman–Crippen MR) is 75.3 cm³/mol. The molecule has 0 saturated carbocycles. The fourth-order valence-electron chi connectivity index (χ4n) is 1.91. The van der Waals surface area contributed by atoms with Crippen LogP contribution in [0.5, 0.6) is 0 Å². The van der Waals surface area contributed by atoms with Gasteiger partial charge in [0.25, 0.3) is 0 Å². The molecule has 1 heterocycles. The second kappa shape index (κ2) is 7.86. The van der Waals surface area contributed by atoms with Crippen molar-refractivity contribution in [2.75, 3.05) is 19.6 Å². The molecular formula is C14H23N3O2. The number of pyridine rings is 1. The average Bonchev–Trinajstić information content (AvgIpc) is 2.42. The van der Waals surface area contributed by atoms with Gasteiger partial charge in [-0.2, -0.15) is 0 Å². The van der Waals surface area contributed by atoms with Crippen molar-refractivity contribution < 1.29 is 9.90 Å². The van der Waals surface area contributed by atoms with E-state index >= 15 is 0 Å². The third-order valence-corrected chi connectivity index (χ3v) is 3.08. The molecule has 1 aromatic rings. The molecule has 19 heavy (non-hydrogen) atoms. The number of aromatic carboxylic acids is 1. The third kappa shape index (κ3) is 5.36. The first-order valence-electron chi connectivity index (χ1n) is 6.71. The Labute approximate surface area is 114 Å². The Morgan fingerprint density at radius 3 is 2.68 bits per heavy atom. The summed E-state index contributed by atoms with van der Waals surface area (Å²) in [6.07, 6.45) is 0. The summed E-state index contributed by atoms with van der Waals surface area (Å²) in [5.74, 6) is -0.988. The highest BCUT2D eigenvalue weighted by molar-refractivity contribution is 5.85. The molecule has 0 bridgehead atoms. The standard InChI is InChI=1S/C14H23N3O2/c1-4-17(5-2)10-11(3)15-9-12-7-6-8-13(16-12)14(18)19/h6-8,11,15H,4-5,9-10H2,1-3H3,(H,18,19). The maximum absolute atomic E-state index is 10.8. The maximum atomic E-state index is 10.8. The summed E-state index contributed by atoms with van der Waals surface area (Å²) in [5, 5.41) is 12.2. The summed E-state index contributed by atoms with van der Waals surface area (Å²) in [6, 6.07) is 5.41. The van der Waals surface area contributed by atoms with Crippen LogP contribution < -0.4 is 5.32 Å². The Balaban J connectivity index is 2.47. The molecule has 5 heteroatoms. The molecule has 1 aromatic heterocycles. The van der Waals surface area contributed by atoms with Gasteiger partial charge in [0.2, 0.25) is 0 Å². The number of nitrogens with one attached hydrogen (secondary N) is 1. The first-order chi connectivity index (χ1) is 9.06. The van der Waals surface area contributed by atoms with E-state index in [0.717, 1.165) is 25.3 Å². The van der Waals surface area contributed by atoms with Gasteiger partial charge in [-0.3, -0.25) is 0 Å². The van der Waals surface area contributed by atoms with Gasteiger partial charge in [-0.25, -0.2) is 9.78 Å². The van der Waals surface area contributed by atoms with Crippen LogP contribution in [0.15, 0.2) is 18.2 Å². The second-order valence-corrected chi connectivity index (χ2v) is 4.59. The van der Waals surface area contributed by atoms with E-state index in [2.05, 4.69) is 36.0 Å². The minimum Gasteiger partial charge on any atom is -0.477 e. The van der Waals surface area contributed by atoms with Crippen LogP contribution in [0.2, 0.25) is 0 Å². The highest BCUT2D eigenvalue weighted by Gasteiger charge is 2.08. The van der Waals surface area contributed by atoms with E-state index in [9.17, 15) is 4.79 Å². The molecule has 1 rings (SSSR count). The summed E-state index contributed by atoms with van der Waals surface area (Å²) in [5.41, 5.74) is 0.849. The molecule has 0 aliphatic carbocycles. The normalized spacial score (nSPS) is 12.6. The van der Waals surface area contributed by atoms with E-state index in [1.807, 2.05) is 6.07 Å². The SMILES string of the molecule is CCN(CC)CC(C)NCc1cccc(C(=O)O)n1. The Morgan fingerprint density at radius 1 is 1.42 bits per heavy atom. The molecule has 0 aromatic carbocycles. The number of likely N-dealkylation sites (N-methyl/N-ethyl adjacent to an activating group) is 1. The lowest BCUT2D eigenvalue weighted by molar-refractivity contribution is 0.0690. The molecule has 1 atom stereocenters. The third-order valence-electron chi connectivity index (χ3n) is 3.08. The Kier molecular flexibility index (Phi) is 6.45. The van der Waals surface area contributed by atoms with Crippen LogP contribution in [0, 0.1) is 0 Å².